The van der Waals surface area contributed by atoms with E-state index in [2.05, 4.69) is 32.3 Å². The molecule has 0 fully saturated rings. The van der Waals surface area contributed by atoms with Gasteiger partial charge in [-0.05, 0) is 51.1 Å². The molecule has 0 radical (unpaired) electrons. The number of amides is 1. The monoisotopic (exact) mass is 635 g/mol. The van der Waals surface area contributed by atoms with E-state index in [9.17, 15) is 18.0 Å². The molecule has 0 saturated heterocycles. The second-order valence-corrected chi connectivity index (χ2v) is 12.9. The first-order valence-electron chi connectivity index (χ1n) is 14.2. The number of aromatic nitrogens is 7. The molecule has 3 N–H and O–H groups in total. The summed E-state index contributed by atoms with van der Waals surface area (Å²) in [5, 5.41) is 10.4. The molecular weight excluding hydrogens is 606 g/mol. The van der Waals surface area contributed by atoms with Crippen LogP contribution < -0.4 is 16.6 Å². The molecule has 0 aliphatic carbocycles. The fraction of sp³-hybridized carbons (Fsp3) is 0.188. The highest BCUT2D eigenvalue weighted by atomic mass is 32.2. The zero-order valence-corrected chi connectivity index (χ0v) is 26.1. The van der Waals surface area contributed by atoms with Crippen LogP contribution in [0.5, 0.6) is 0 Å². The third-order valence-electron chi connectivity index (χ3n) is 7.45. The lowest BCUT2D eigenvalue weighted by molar-refractivity contribution is 0.0938. The number of nitrogens with zero attached hydrogens (tertiary/aromatic N) is 7. The summed E-state index contributed by atoms with van der Waals surface area (Å²) in [4.78, 5) is 37.0. The number of hydrogen-bond acceptors (Lipinski definition) is 9. The third-order valence-corrected chi connectivity index (χ3v) is 9.45. The van der Waals surface area contributed by atoms with Crippen molar-refractivity contribution in [1.82, 2.24) is 39.2 Å². The minimum Gasteiger partial charge on any atom is -0.342 e. The number of fused-ring (bicyclic) bond motifs is 2. The van der Waals surface area contributed by atoms with Crippen LogP contribution >= 0.6 is 0 Å². The second-order valence-electron chi connectivity index (χ2n) is 10.7. The van der Waals surface area contributed by atoms with Crippen molar-refractivity contribution in [3.63, 3.8) is 0 Å². The van der Waals surface area contributed by atoms with E-state index < -0.39 is 32.7 Å². The predicted molar refractivity (Wildman–Crippen MR) is 171 cm³/mol. The quantitative estimate of drug-likeness (QED) is 0.261. The smallest absolute Gasteiger partial charge is 0.267 e. The highest BCUT2D eigenvalue weighted by molar-refractivity contribution is 7.92. The van der Waals surface area contributed by atoms with Gasteiger partial charge < -0.3 is 11.1 Å². The minimum atomic E-state index is -3.90. The fourth-order valence-electron chi connectivity index (χ4n) is 5.22. The first-order valence-corrected chi connectivity index (χ1v) is 15.8. The number of carbonyl (C=O) groups is 1. The molecule has 232 valence electrons. The van der Waals surface area contributed by atoms with E-state index in [0.29, 0.717) is 39.5 Å². The van der Waals surface area contributed by atoms with E-state index in [-0.39, 0.29) is 16.0 Å². The van der Waals surface area contributed by atoms with E-state index >= 15 is 0 Å². The summed E-state index contributed by atoms with van der Waals surface area (Å²) in [6.07, 6.45) is 4.64. The maximum Gasteiger partial charge on any atom is 0.267 e. The van der Waals surface area contributed by atoms with Gasteiger partial charge in [-0.2, -0.15) is 10.2 Å². The van der Waals surface area contributed by atoms with Crippen molar-refractivity contribution in [1.29, 1.82) is 0 Å². The van der Waals surface area contributed by atoms with Crippen molar-refractivity contribution < 1.29 is 13.2 Å². The lowest BCUT2D eigenvalue weighted by atomic mass is 10.1. The van der Waals surface area contributed by atoms with Crippen molar-refractivity contribution in [2.75, 3.05) is 0 Å². The number of aryl methyl sites for hydroxylation is 2. The molecule has 4 heterocycles. The number of benzene rings is 2. The number of hydrogen-bond donors (Lipinski definition) is 2. The molecule has 13 nitrogen and oxygen atoms in total. The van der Waals surface area contributed by atoms with Gasteiger partial charge in [-0.1, -0.05) is 36.1 Å². The number of para-hydroxylation sites is 1. The number of rotatable bonds is 6. The van der Waals surface area contributed by atoms with Gasteiger partial charge in [-0.25, -0.2) is 22.9 Å². The summed E-state index contributed by atoms with van der Waals surface area (Å²) in [6.45, 7) is 4.84. The lowest BCUT2D eigenvalue weighted by Gasteiger charge is -2.20. The van der Waals surface area contributed by atoms with Crippen LogP contribution in [0.3, 0.4) is 0 Å². The Morgan fingerprint density at radius 3 is 2.50 bits per heavy atom. The Morgan fingerprint density at radius 1 is 1.02 bits per heavy atom. The van der Waals surface area contributed by atoms with Crippen LogP contribution in [0.1, 0.15) is 52.9 Å². The first-order chi connectivity index (χ1) is 22.0. The Kier molecular flexibility index (Phi) is 7.72. The van der Waals surface area contributed by atoms with Gasteiger partial charge >= 0.3 is 0 Å². The normalized spacial score (nSPS) is 12.9. The molecule has 6 rings (SSSR count). The zero-order chi connectivity index (χ0) is 32.7. The van der Waals surface area contributed by atoms with Gasteiger partial charge in [-0.15, -0.1) is 0 Å². The van der Waals surface area contributed by atoms with Crippen LogP contribution in [0.25, 0.3) is 22.2 Å². The van der Waals surface area contributed by atoms with E-state index in [1.54, 1.807) is 74.8 Å². The lowest BCUT2D eigenvalue weighted by Crippen LogP contribution is -2.33. The summed E-state index contributed by atoms with van der Waals surface area (Å²) >= 11 is 0. The van der Waals surface area contributed by atoms with Gasteiger partial charge in [0.2, 0.25) is 9.84 Å². The average molecular weight is 636 g/mol. The first kappa shape index (κ1) is 30.4. The molecule has 6 aromatic rings. The fourth-order valence-corrected chi connectivity index (χ4v) is 6.40. The molecule has 0 spiro atoms. The topological polar surface area (TPSA) is 172 Å². The molecule has 0 aliphatic heterocycles. The van der Waals surface area contributed by atoms with Crippen molar-refractivity contribution >= 4 is 32.3 Å². The van der Waals surface area contributed by atoms with Gasteiger partial charge in [0.15, 0.2) is 10.7 Å². The van der Waals surface area contributed by atoms with Gasteiger partial charge in [0.05, 0.1) is 40.1 Å². The summed E-state index contributed by atoms with van der Waals surface area (Å²) in [6, 6.07) is 15.0. The van der Waals surface area contributed by atoms with E-state index in [1.165, 1.54) is 33.9 Å². The molecule has 0 saturated carbocycles. The summed E-state index contributed by atoms with van der Waals surface area (Å²) in [5.41, 5.74) is 7.93. The van der Waals surface area contributed by atoms with Crippen LogP contribution in [0.2, 0.25) is 0 Å². The molecule has 1 amide bonds. The van der Waals surface area contributed by atoms with Crippen LogP contribution in [0, 0.1) is 18.8 Å². The highest BCUT2D eigenvalue weighted by Crippen LogP contribution is 2.22. The Hall–Kier alpha value is -5.65. The number of nitrogens with two attached hydrogens (primary N) is 1. The molecule has 1 unspecified atom stereocenters. The molecule has 0 aliphatic rings. The number of nitrogens with one attached hydrogen (secondary N) is 1. The maximum absolute atomic E-state index is 14.3. The minimum absolute atomic E-state index is 0.112. The van der Waals surface area contributed by atoms with Crippen molar-refractivity contribution in [2.45, 2.75) is 37.2 Å². The third kappa shape index (κ3) is 5.21. The van der Waals surface area contributed by atoms with Crippen LogP contribution in [-0.2, 0) is 16.9 Å². The molecule has 14 heteroatoms. The van der Waals surface area contributed by atoms with Crippen molar-refractivity contribution in [2.24, 2.45) is 12.8 Å². The molecular formula is C32H29N9O4S. The van der Waals surface area contributed by atoms with Crippen molar-refractivity contribution in [3.8, 4) is 17.5 Å². The maximum atomic E-state index is 14.3. The highest BCUT2D eigenvalue weighted by Gasteiger charge is 2.27. The number of sulfone groups is 1. The van der Waals surface area contributed by atoms with Gasteiger partial charge in [-0.3, -0.25) is 18.8 Å². The van der Waals surface area contributed by atoms with E-state index in [0.717, 1.165) is 0 Å². The average Bonchev–Trinajstić information content (AvgIpc) is 3.58. The number of carbonyl (C=O) groups excluding carboxylic acids is 1. The molecule has 4 aromatic heterocycles. The molecule has 46 heavy (non-hydrogen) atoms. The summed E-state index contributed by atoms with van der Waals surface area (Å²) in [5.74, 6) is 5.72. The van der Waals surface area contributed by atoms with Crippen LogP contribution in [0.4, 0.5) is 0 Å². The largest absolute Gasteiger partial charge is 0.342 e. The SMILES string of the molecule is Cc1nn2cccnc2c1C(=O)N[C@H](C)c1nc2cccc(C#Cc3cnn(C)c3S(=O)(=O)C(C)N)c2c(=O)n1-c1ccccc1. The predicted octanol–water partition coefficient (Wildman–Crippen LogP) is 2.44. The van der Waals surface area contributed by atoms with Gasteiger partial charge in [0.25, 0.3) is 11.5 Å². The van der Waals surface area contributed by atoms with Crippen molar-refractivity contribution in [3.05, 3.63) is 112 Å². The Bertz CT molecular complexity index is 2380. The zero-order valence-electron chi connectivity index (χ0n) is 25.3. The Labute approximate surface area is 263 Å². The summed E-state index contributed by atoms with van der Waals surface area (Å²) < 4.78 is 30.0. The van der Waals surface area contributed by atoms with E-state index in [4.69, 9.17) is 10.7 Å². The molecule has 2 atom stereocenters. The summed E-state index contributed by atoms with van der Waals surface area (Å²) in [7, 11) is -2.40. The molecule has 2 aromatic carbocycles. The van der Waals surface area contributed by atoms with Gasteiger partial charge in [0.1, 0.15) is 16.8 Å². The Morgan fingerprint density at radius 2 is 1.76 bits per heavy atom. The van der Waals surface area contributed by atoms with Gasteiger partial charge in [0, 0.05) is 25.0 Å². The Balaban J connectivity index is 1.48. The molecule has 0 bridgehead atoms. The standard InChI is InChI=1S/C32H29N9O4S/c1-19-26(29-34-16-9-17-40(29)38-19)30(42)36-20(2)28-37-25-13-8-10-22(27(25)31(43)41(28)24-11-6-5-7-12-24)14-15-23-18-35-39(4)32(23)46(44,45)21(3)33/h5-13,16-18,20-21H,33H2,1-4H3,(H,36,42)/t20-,21?/m1/s1. The van der Waals surface area contributed by atoms with Crippen LogP contribution in [-0.4, -0.2) is 53.6 Å². The van der Waals surface area contributed by atoms with Crippen LogP contribution in [0.15, 0.2) is 83.0 Å². The van der Waals surface area contributed by atoms with E-state index in [1.807, 2.05) is 6.07 Å². The second kappa shape index (κ2) is 11.7.